The van der Waals surface area contributed by atoms with E-state index in [9.17, 15) is 4.79 Å². The normalized spacial score (nSPS) is 10.2. The molecule has 0 radical (unpaired) electrons. The Balaban J connectivity index is 2.51. The van der Waals surface area contributed by atoms with Gasteiger partial charge in [0.2, 0.25) is 0 Å². The van der Waals surface area contributed by atoms with Crippen LogP contribution in [0.25, 0.3) is 0 Å². The molecule has 0 spiro atoms. The molecule has 0 aliphatic carbocycles. The zero-order chi connectivity index (χ0) is 12.5. The number of hydrogen-bond acceptors (Lipinski definition) is 3. The van der Waals surface area contributed by atoms with Gasteiger partial charge in [0.1, 0.15) is 5.78 Å². The van der Waals surface area contributed by atoms with Gasteiger partial charge in [-0.1, -0.05) is 30.3 Å². The maximum Gasteiger partial charge on any atom is 0.131 e. The van der Waals surface area contributed by atoms with Crippen molar-refractivity contribution in [1.29, 1.82) is 5.26 Å². The van der Waals surface area contributed by atoms with E-state index in [0.717, 1.165) is 19.6 Å². The van der Waals surface area contributed by atoms with Crippen molar-refractivity contribution in [2.24, 2.45) is 0 Å². The van der Waals surface area contributed by atoms with E-state index in [4.69, 9.17) is 5.26 Å². The van der Waals surface area contributed by atoms with Gasteiger partial charge < -0.3 is 0 Å². The van der Waals surface area contributed by atoms with Crippen molar-refractivity contribution in [3.8, 4) is 6.07 Å². The van der Waals surface area contributed by atoms with Gasteiger partial charge in [0, 0.05) is 32.5 Å². The molecule has 0 saturated carbocycles. The van der Waals surface area contributed by atoms with Crippen molar-refractivity contribution in [2.75, 3.05) is 13.1 Å². The number of carbonyl (C=O) groups is 1. The number of ketones is 1. The molecule has 1 rings (SSSR count). The summed E-state index contributed by atoms with van der Waals surface area (Å²) >= 11 is 0. The van der Waals surface area contributed by atoms with Crippen LogP contribution in [0.5, 0.6) is 0 Å². The molecule has 0 amide bonds. The van der Waals surface area contributed by atoms with Gasteiger partial charge >= 0.3 is 0 Å². The Labute approximate surface area is 103 Å². The first-order valence-corrected chi connectivity index (χ1v) is 5.85. The van der Waals surface area contributed by atoms with Crippen LogP contribution < -0.4 is 0 Å². The highest BCUT2D eigenvalue weighted by molar-refractivity contribution is 5.75. The molecule has 3 heteroatoms. The molecular weight excluding hydrogens is 212 g/mol. The minimum atomic E-state index is 0.194. The van der Waals surface area contributed by atoms with Crippen molar-refractivity contribution < 1.29 is 4.79 Å². The third-order valence-electron chi connectivity index (χ3n) is 2.57. The third-order valence-corrected chi connectivity index (χ3v) is 2.57. The van der Waals surface area contributed by atoms with Gasteiger partial charge in [0.25, 0.3) is 0 Å². The third kappa shape index (κ3) is 5.84. The number of nitrogens with zero attached hydrogens (tertiary/aromatic N) is 2. The highest BCUT2D eigenvalue weighted by Gasteiger charge is 2.06. The van der Waals surface area contributed by atoms with E-state index in [1.807, 2.05) is 18.2 Å². The van der Waals surface area contributed by atoms with Crippen molar-refractivity contribution >= 4 is 5.78 Å². The van der Waals surface area contributed by atoms with E-state index in [2.05, 4.69) is 23.1 Å². The lowest BCUT2D eigenvalue weighted by Gasteiger charge is -2.20. The lowest BCUT2D eigenvalue weighted by molar-refractivity contribution is -0.117. The van der Waals surface area contributed by atoms with E-state index in [1.54, 1.807) is 6.92 Å². The van der Waals surface area contributed by atoms with Gasteiger partial charge in [-0.3, -0.25) is 9.69 Å². The molecule has 3 nitrogen and oxygen atoms in total. The molecule has 0 heterocycles. The molecule has 0 saturated heterocycles. The first-order valence-electron chi connectivity index (χ1n) is 5.85. The first kappa shape index (κ1) is 13.4. The second-order valence-electron chi connectivity index (χ2n) is 4.12. The topological polar surface area (TPSA) is 44.1 Å². The van der Waals surface area contributed by atoms with Crippen LogP contribution in [0.3, 0.4) is 0 Å². The average molecular weight is 230 g/mol. The molecule has 0 N–H and O–H groups in total. The molecule has 1 aromatic rings. The molecule has 0 aliphatic heterocycles. The van der Waals surface area contributed by atoms with Crippen LogP contribution in [0.15, 0.2) is 30.3 Å². The van der Waals surface area contributed by atoms with Crippen molar-refractivity contribution in [3.63, 3.8) is 0 Å². The maximum absolute atomic E-state index is 11.0. The number of Topliss-reactive ketones (excluding diaryl/α,β-unsaturated/α-hetero) is 1. The molecular formula is C14H18N2O. The zero-order valence-corrected chi connectivity index (χ0v) is 10.2. The minimum absolute atomic E-state index is 0.194. The highest BCUT2D eigenvalue weighted by Crippen LogP contribution is 2.05. The molecule has 1 aromatic carbocycles. The fraction of sp³-hybridized carbons (Fsp3) is 0.429. The van der Waals surface area contributed by atoms with E-state index in [0.29, 0.717) is 12.8 Å². The van der Waals surface area contributed by atoms with Crippen LogP contribution in [-0.2, 0) is 11.3 Å². The maximum atomic E-state index is 11.0. The smallest absolute Gasteiger partial charge is 0.131 e. The summed E-state index contributed by atoms with van der Waals surface area (Å²) in [6, 6.07) is 12.3. The fourth-order valence-corrected chi connectivity index (χ4v) is 1.64. The number of benzene rings is 1. The van der Waals surface area contributed by atoms with Gasteiger partial charge in [0.05, 0.1) is 6.07 Å². The fourth-order valence-electron chi connectivity index (χ4n) is 1.64. The van der Waals surface area contributed by atoms with E-state index in [1.165, 1.54) is 5.56 Å². The Kier molecular flexibility index (Phi) is 5.98. The highest BCUT2D eigenvalue weighted by atomic mass is 16.1. The molecule has 0 aliphatic rings. The summed E-state index contributed by atoms with van der Waals surface area (Å²) in [6.45, 7) is 3.85. The van der Waals surface area contributed by atoms with Crippen molar-refractivity contribution in [2.45, 2.75) is 26.3 Å². The Morgan fingerprint density at radius 1 is 1.29 bits per heavy atom. The van der Waals surface area contributed by atoms with Crippen LogP contribution in [0, 0.1) is 11.3 Å². The SMILES string of the molecule is CC(=O)CCN(CCC#N)Cc1ccccc1. The Morgan fingerprint density at radius 3 is 2.59 bits per heavy atom. The molecule has 0 fully saturated rings. The van der Waals surface area contributed by atoms with Crippen molar-refractivity contribution in [1.82, 2.24) is 4.90 Å². The largest absolute Gasteiger partial charge is 0.300 e. The average Bonchev–Trinajstić information content (AvgIpc) is 2.34. The van der Waals surface area contributed by atoms with Crippen LogP contribution in [0.1, 0.15) is 25.3 Å². The van der Waals surface area contributed by atoms with E-state index in [-0.39, 0.29) is 5.78 Å². The van der Waals surface area contributed by atoms with Crippen LogP contribution >= 0.6 is 0 Å². The van der Waals surface area contributed by atoms with Gasteiger partial charge in [-0.2, -0.15) is 5.26 Å². The molecule has 0 unspecified atom stereocenters. The summed E-state index contributed by atoms with van der Waals surface area (Å²) in [5.41, 5.74) is 1.22. The van der Waals surface area contributed by atoms with E-state index >= 15 is 0 Å². The lowest BCUT2D eigenvalue weighted by atomic mass is 10.2. The molecule has 0 atom stereocenters. The van der Waals surface area contributed by atoms with E-state index < -0.39 is 0 Å². The van der Waals surface area contributed by atoms with Crippen LogP contribution in [0.4, 0.5) is 0 Å². The van der Waals surface area contributed by atoms with Gasteiger partial charge in [-0.25, -0.2) is 0 Å². The molecule has 0 bridgehead atoms. The van der Waals surface area contributed by atoms with Gasteiger partial charge in [-0.15, -0.1) is 0 Å². The monoisotopic (exact) mass is 230 g/mol. The van der Waals surface area contributed by atoms with Crippen LogP contribution in [0.2, 0.25) is 0 Å². The number of carbonyl (C=O) groups excluding carboxylic acids is 1. The molecule has 90 valence electrons. The second-order valence-corrected chi connectivity index (χ2v) is 4.12. The summed E-state index contributed by atoms with van der Waals surface area (Å²) in [5.74, 6) is 0.194. The molecule has 0 aromatic heterocycles. The summed E-state index contributed by atoms with van der Waals surface area (Å²) in [5, 5.41) is 8.62. The number of nitriles is 1. The lowest BCUT2D eigenvalue weighted by Crippen LogP contribution is -2.26. The quantitative estimate of drug-likeness (QED) is 0.722. The Bertz CT molecular complexity index is 381. The minimum Gasteiger partial charge on any atom is -0.300 e. The number of rotatable bonds is 7. The summed E-state index contributed by atoms with van der Waals surface area (Å²) in [4.78, 5) is 13.1. The zero-order valence-electron chi connectivity index (χ0n) is 10.2. The summed E-state index contributed by atoms with van der Waals surface area (Å²) in [6.07, 6.45) is 1.06. The Morgan fingerprint density at radius 2 is 2.00 bits per heavy atom. The number of hydrogen-bond donors (Lipinski definition) is 0. The second kappa shape index (κ2) is 7.59. The predicted molar refractivity (Wildman–Crippen MR) is 67.2 cm³/mol. The standard InChI is InChI=1S/C14H18N2O/c1-13(17)8-11-16(10-5-9-15)12-14-6-3-2-4-7-14/h2-4,6-7H,5,8,10-12H2,1H3. The predicted octanol–water partition coefficient (Wildman–Crippen LogP) is 2.38. The van der Waals surface area contributed by atoms with Crippen LogP contribution in [-0.4, -0.2) is 23.8 Å². The Hall–Kier alpha value is -1.66. The summed E-state index contributed by atoms with van der Waals surface area (Å²) < 4.78 is 0. The van der Waals surface area contributed by atoms with Gasteiger partial charge in [0.15, 0.2) is 0 Å². The summed E-state index contributed by atoms with van der Waals surface area (Å²) in [7, 11) is 0. The molecule has 17 heavy (non-hydrogen) atoms. The first-order chi connectivity index (χ1) is 8.22. The van der Waals surface area contributed by atoms with Crippen molar-refractivity contribution in [3.05, 3.63) is 35.9 Å². The van der Waals surface area contributed by atoms with Gasteiger partial charge in [-0.05, 0) is 12.5 Å².